The van der Waals surface area contributed by atoms with Gasteiger partial charge in [-0.25, -0.2) is 0 Å². The molecule has 156 valence electrons. The minimum Gasteiger partial charge on any atom is -0.490 e. The lowest BCUT2D eigenvalue weighted by molar-refractivity contribution is -0.384. The van der Waals surface area contributed by atoms with Crippen molar-refractivity contribution < 1.29 is 23.9 Å². The third kappa shape index (κ3) is 5.29. The van der Waals surface area contributed by atoms with Crippen molar-refractivity contribution in [1.29, 1.82) is 0 Å². The summed E-state index contributed by atoms with van der Waals surface area (Å²) in [7, 11) is 0. The van der Waals surface area contributed by atoms with Crippen molar-refractivity contribution in [2.75, 3.05) is 25.1 Å². The first-order valence-electron chi connectivity index (χ1n) is 9.14. The second-order valence-electron chi connectivity index (χ2n) is 5.93. The van der Waals surface area contributed by atoms with Crippen molar-refractivity contribution in [2.24, 2.45) is 0 Å². The Balaban J connectivity index is 2.42. The third-order valence-corrected chi connectivity index (χ3v) is 4.21. The van der Waals surface area contributed by atoms with Gasteiger partial charge in [-0.3, -0.25) is 14.9 Å². The van der Waals surface area contributed by atoms with Gasteiger partial charge in [-0.05, 0) is 51.5 Å². The number of nitro benzene ring substituents is 1. The zero-order chi connectivity index (χ0) is 21.6. The minimum absolute atomic E-state index is 0.0624. The van der Waals surface area contributed by atoms with Crippen LogP contribution in [0.3, 0.4) is 0 Å². The molecule has 0 unspecified atom stereocenters. The van der Waals surface area contributed by atoms with Gasteiger partial charge in [0.05, 0.1) is 24.7 Å². The Kier molecular flexibility index (Phi) is 7.67. The number of aryl methyl sites for hydroxylation is 1. The number of carbonyl (C=O) groups excluding carboxylic acids is 1. The number of nitrogens with zero attached hydrogens (tertiary/aromatic N) is 1. The van der Waals surface area contributed by atoms with Gasteiger partial charge in [-0.2, -0.15) is 0 Å². The summed E-state index contributed by atoms with van der Waals surface area (Å²) in [5, 5.41) is 13.7. The number of hydrogen-bond acceptors (Lipinski definition) is 6. The van der Waals surface area contributed by atoms with Crippen molar-refractivity contribution >= 4 is 28.9 Å². The molecule has 0 saturated carbocycles. The fourth-order valence-electron chi connectivity index (χ4n) is 2.66. The lowest BCUT2D eigenvalue weighted by atomic mass is 10.1. The van der Waals surface area contributed by atoms with E-state index in [-0.39, 0.29) is 16.3 Å². The van der Waals surface area contributed by atoms with E-state index < -0.39 is 10.8 Å². The van der Waals surface area contributed by atoms with E-state index in [0.29, 0.717) is 48.3 Å². The second kappa shape index (κ2) is 9.97. The molecule has 29 heavy (non-hydrogen) atoms. The molecule has 2 aromatic carbocycles. The molecular weight excluding hydrogens is 400 g/mol. The number of halogens is 1. The van der Waals surface area contributed by atoms with Gasteiger partial charge in [0, 0.05) is 17.3 Å². The van der Waals surface area contributed by atoms with E-state index in [1.807, 2.05) is 20.8 Å². The van der Waals surface area contributed by atoms with E-state index in [4.69, 9.17) is 25.8 Å². The molecule has 0 radical (unpaired) electrons. The number of nitrogens with one attached hydrogen (secondary N) is 1. The quantitative estimate of drug-likeness (QED) is 0.450. The minimum atomic E-state index is -0.573. The van der Waals surface area contributed by atoms with Gasteiger partial charge in [0.25, 0.3) is 11.6 Å². The highest BCUT2D eigenvalue weighted by Crippen LogP contribution is 2.39. The van der Waals surface area contributed by atoms with Gasteiger partial charge >= 0.3 is 0 Å². The smallest absolute Gasteiger partial charge is 0.288 e. The van der Waals surface area contributed by atoms with Gasteiger partial charge < -0.3 is 19.5 Å². The molecule has 0 aliphatic heterocycles. The van der Waals surface area contributed by atoms with Crippen molar-refractivity contribution in [3.8, 4) is 17.2 Å². The van der Waals surface area contributed by atoms with Crippen LogP contribution in [0, 0.1) is 17.0 Å². The van der Waals surface area contributed by atoms with Crippen LogP contribution in [0.25, 0.3) is 0 Å². The molecule has 0 saturated heterocycles. The van der Waals surface area contributed by atoms with Gasteiger partial charge in [0.2, 0.25) is 5.75 Å². The highest BCUT2D eigenvalue weighted by Gasteiger charge is 2.20. The number of hydrogen-bond donors (Lipinski definition) is 1. The average Bonchev–Trinajstić information content (AvgIpc) is 2.66. The van der Waals surface area contributed by atoms with E-state index >= 15 is 0 Å². The summed E-state index contributed by atoms with van der Waals surface area (Å²) in [5.74, 6) is 0.776. The van der Waals surface area contributed by atoms with E-state index in [9.17, 15) is 14.9 Å². The number of nitro groups is 1. The Labute approximate surface area is 173 Å². The zero-order valence-electron chi connectivity index (χ0n) is 16.7. The molecule has 8 nitrogen and oxygen atoms in total. The Morgan fingerprint density at radius 3 is 2.07 bits per heavy atom. The summed E-state index contributed by atoms with van der Waals surface area (Å²) >= 11 is 5.96. The maximum Gasteiger partial charge on any atom is 0.288 e. The fourth-order valence-corrected chi connectivity index (χ4v) is 2.89. The maximum absolute atomic E-state index is 12.8. The molecule has 0 atom stereocenters. The van der Waals surface area contributed by atoms with Gasteiger partial charge in [0.1, 0.15) is 5.02 Å². The standard InChI is InChI=1S/C20H23ClN2O6/c1-5-27-17-9-13(10-18(28-6-2)19(17)29-7-3)20(24)22-15-11-14(21)16(23(25)26)8-12(15)4/h8-11H,5-7H2,1-4H3,(H,22,24). The van der Waals surface area contributed by atoms with Crippen LogP contribution in [0.1, 0.15) is 36.7 Å². The largest absolute Gasteiger partial charge is 0.490 e. The Bertz CT molecular complexity index is 889. The topological polar surface area (TPSA) is 99.9 Å². The number of rotatable bonds is 9. The molecule has 0 aromatic heterocycles. The number of benzene rings is 2. The van der Waals surface area contributed by atoms with Gasteiger partial charge in [0.15, 0.2) is 11.5 Å². The molecule has 9 heteroatoms. The molecule has 0 heterocycles. The Morgan fingerprint density at radius 2 is 1.59 bits per heavy atom. The van der Waals surface area contributed by atoms with E-state index in [0.717, 1.165) is 0 Å². The van der Waals surface area contributed by atoms with Crippen molar-refractivity contribution in [3.05, 3.63) is 50.5 Å². The van der Waals surface area contributed by atoms with Crippen LogP contribution in [0.2, 0.25) is 5.02 Å². The first-order chi connectivity index (χ1) is 13.8. The predicted octanol–water partition coefficient (Wildman–Crippen LogP) is 5.01. The van der Waals surface area contributed by atoms with Crippen molar-refractivity contribution in [1.82, 2.24) is 0 Å². The van der Waals surface area contributed by atoms with Crippen molar-refractivity contribution in [3.63, 3.8) is 0 Å². The van der Waals surface area contributed by atoms with Gasteiger partial charge in [-0.15, -0.1) is 0 Å². The summed E-state index contributed by atoms with van der Waals surface area (Å²) in [6.45, 7) is 8.31. The highest BCUT2D eigenvalue weighted by atomic mass is 35.5. The molecule has 1 N–H and O–H groups in total. The monoisotopic (exact) mass is 422 g/mol. The molecule has 0 fully saturated rings. The number of carbonyl (C=O) groups is 1. The molecular formula is C20H23ClN2O6. The zero-order valence-corrected chi connectivity index (χ0v) is 17.5. The summed E-state index contributed by atoms with van der Waals surface area (Å²) in [5.41, 5.74) is 0.945. The van der Waals surface area contributed by atoms with Crippen LogP contribution in [-0.4, -0.2) is 30.7 Å². The SMILES string of the molecule is CCOc1cc(C(=O)Nc2cc(Cl)c([N+](=O)[O-])cc2C)cc(OCC)c1OCC. The number of amides is 1. The lowest BCUT2D eigenvalue weighted by Gasteiger charge is -2.17. The molecule has 0 aliphatic rings. The highest BCUT2D eigenvalue weighted by molar-refractivity contribution is 6.33. The van der Waals surface area contributed by atoms with E-state index in [1.165, 1.54) is 12.1 Å². The fraction of sp³-hybridized carbons (Fsp3) is 0.350. The summed E-state index contributed by atoms with van der Waals surface area (Å²) < 4.78 is 16.9. The van der Waals surface area contributed by atoms with Crippen LogP contribution in [-0.2, 0) is 0 Å². The molecule has 0 bridgehead atoms. The number of anilines is 1. The third-order valence-electron chi connectivity index (χ3n) is 3.91. The van der Waals surface area contributed by atoms with Crippen LogP contribution in [0.5, 0.6) is 17.2 Å². The Morgan fingerprint density at radius 1 is 1.03 bits per heavy atom. The molecule has 2 aromatic rings. The molecule has 0 aliphatic carbocycles. The van der Waals surface area contributed by atoms with Crippen LogP contribution >= 0.6 is 11.6 Å². The van der Waals surface area contributed by atoms with Gasteiger partial charge in [-0.1, -0.05) is 11.6 Å². The summed E-state index contributed by atoms with van der Waals surface area (Å²) in [6, 6.07) is 5.80. The summed E-state index contributed by atoms with van der Waals surface area (Å²) in [4.78, 5) is 23.3. The molecule has 2 rings (SSSR count). The molecule has 1 amide bonds. The van der Waals surface area contributed by atoms with E-state index in [2.05, 4.69) is 5.32 Å². The summed E-state index contributed by atoms with van der Waals surface area (Å²) in [6.07, 6.45) is 0. The first kappa shape index (κ1) is 22.3. The Hall–Kier alpha value is -3.00. The predicted molar refractivity (Wildman–Crippen MR) is 111 cm³/mol. The van der Waals surface area contributed by atoms with Crippen LogP contribution in [0.15, 0.2) is 24.3 Å². The second-order valence-corrected chi connectivity index (χ2v) is 6.34. The van der Waals surface area contributed by atoms with E-state index in [1.54, 1.807) is 19.1 Å². The number of ether oxygens (including phenoxy) is 3. The lowest BCUT2D eigenvalue weighted by Crippen LogP contribution is -2.14. The first-order valence-corrected chi connectivity index (χ1v) is 9.52. The normalized spacial score (nSPS) is 10.4. The average molecular weight is 423 g/mol. The van der Waals surface area contributed by atoms with Crippen molar-refractivity contribution in [2.45, 2.75) is 27.7 Å². The maximum atomic E-state index is 12.8. The van der Waals surface area contributed by atoms with Crippen LogP contribution in [0.4, 0.5) is 11.4 Å². The molecule has 0 spiro atoms. The van der Waals surface area contributed by atoms with Crippen LogP contribution < -0.4 is 19.5 Å².